The quantitative estimate of drug-likeness (QED) is 0.572. The summed E-state index contributed by atoms with van der Waals surface area (Å²) in [6.07, 6.45) is 0. The predicted octanol–water partition coefficient (Wildman–Crippen LogP) is 3.43. The second-order valence-corrected chi connectivity index (χ2v) is 7.01. The largest absolute Gasteiger partial charge is 0.772 e. The third kappa shape index (κ3) is 3.48. The minimum absolute atomic E-state index is 0.0521. The molecule has 1 atom stereocenters. The van der Waals surface area contributed by atoms with Crippen LogP contribution in [0.2, 0.25) is 0 Å². The molecule has 24 heavy (non-hydrogen) atoms. The summed E-state index contributed by atoms with van der Waals surface area (Å²) in [6, 6.07) is 11.2. The van der Waals surface area contributed by atoms with Crippen LogP contribution in [-0.2, 0) is 26.4 Å². The molecule has 0 radical (unpaired) electrons. The molecule has 3 rings (SSSR count). The molecule has 0 saturated heterocycles. The summed E-state index contributed by atoms with van der Waals surface area (Å²) >= 11 is 1.02. The molecule has 0 amide bonds. The van der Waals surface area contributed by atoms with Crippen LogP contribution in [0.5, 0.6) is 0 Å². The van der Waals surface area contributed by atoms with Crippen molar-refractivity contribution in [3.63, 3.8) is 0 Å². The van der Waals surface area contributed by atoms with Crippen molar-refractivity contribution in [3.8, 4) is 0 Å². The van der Waals surface area contributed by atoms with Gasteiger partial charge in [-0.2, -0.15) is 0 Å². The van der Waals surface area contributed by atoms with Crippen LogP contribution in [0.1, 0.15) is 16.7 Å². The van der Waals surface area contributed by atoms with Gasteiger partial charge in [0, 0.05) is 21.4 Å². The molecule has 1 heterocycles. The molecule has 7 heteroatoms. The first-order valence-electron chi connectivity index (χ1n) is 6.96. The Bertz CT molecular complexity index is 861. The molecule has 0 saturated carbocycles. The SMILES string of the molecule is O=C1OCC(c2ccc(CS(=O)[O-])cc2)=C1c1ccc(Br)cc1F. The molecule has 124 valence electrons. The van der Waals surface area contributed by atoms with E-state index < -0.39 is 22.9 Å². The predicted molar refractivity (Wildman–Crippen MR) is 90.9 cm³/mol. The maximum atomic E-state index is 14.2. The van der Waals surface area contributed by atoms with Crippen molar-refractivity contribution < 1.29 is 22.7 Å². The summed E-state index contributed by atoms with van der Waals surface area (Å²) in [7, 11) is 0. The van der Waals surface area contributed by atoms with Crippen molar-refractivity contribution in [2.75, 3.05) is 6.61 Å². The molecule has 1 unspecified atom stereocenters. The zero-order chi connectivity index (χ0) is 17.3. The van der Waals surface area contributed by atoms with Gasteiger partial charge in [-0.05, 0) is 23.3 Å². The van der Waals surface area contributed by atoms with Gasteiger partial charge in [-0.1, -0.05) is 57.3 Å². The van der Waals surface area contributed by atoms with Gasteiger partial charge in [0.05, 0.1) is 5.57 Å². The van der Waals surface area contributed by atoms with Crippen LogP contribution in [0, 0.1) is 5.82 Å². The normalized spacial score (nSPS) is 15.5. The number of hydrogen-bond donors (Lipinski definition) is 0. The van der Waals surface area contributed by atoms with E-state index >= 15 is 0 Å². The van der Waals surface area contributed by atoms with Gasteiger partial charge in [-0.3, -0.25) is 4.21 Å². The Kier molecular flexibility index (Phi) is 4.93. The zero-order valence-electron chi connectivity index (χ0n) is 12.3. The van der Waals surface area contributed by atoms with Crippen LogP contribution in [0.4, 0.5) is 4.39 Å². The Hall–Kier alpha value is -1.83. The smallest absolute Gasteiger partial charge is 0.339 e. The van der Waals surface area contributed by atoms with Gasteiger partial charge in [0.25, 0.3) is 0 Å². The van der Waals surface area contributed by atoms with E-state index in [1.54, 1.807) is 30.3 Å². The summed E-state index contributed by atoms with van der Waals surface area (Å²) in [5.41, 5.74) is 2.28. The van der Waals surface area contributed by atoms with Gasteiger partial charge >= 0.3 is 5.97 Å². The van der Waals surface area contributed by atoms with Gasteiger partial charge in [0.15, 0.2) is 0 Å². The zero-order valence-corrected chi connectivity index (χ0v) is 14.7. The summed E-state index contributed by atoms with van der Waals surface area (Å²) in [5.74, 6) is -1.17. The highest BCUT2D eigenvalue weighted by Crippen LogP contribution is 2.34. The lowest BCUT2D eigenvalue weighted by atomic mass is 9.96. The molecule has 4 nitrogen and oxygen atoms in total. The molecule has 0 N–H and O–H groups in total. The Morgan fingerprint density at radius 2 is 1.92 bits per heavy atom. The molecular formula is C17H11BrFO4S-. The first-order chi connectivity index (χ1) is 11.5. The van der Waals surface area contributed by atoms with Crippen LogP contribution in [0.3, 0.4) is 0 Å². The van der Waals surface area contributed by atoms with E-state index in [1.165, 1.54) is 12.1 Å². The molecular weight excluding hydrogens is 399 g/mol. The lowest BCUT2D eigenvalue weighted by molar-refractivity contribution is -0.133. The summed E-state index contributed by atoms with van der Waals surface area (Å²) in [5, 5.41) is 0. The van der Waals surface area contributed by atoms with Gasteiger partial charge in [0.2, 0.25) is 0 Å². The average molecular weight is 410 g/mol. The van der Waals surface area contributed by atoms with Crippen molar-refractivity contribution >= 4 is 44.1 Å². The Labute approximate surface area is 148 Å². The van der Waals surface area contributed by atoms with E-state index in [-0.39, 0.29) is 23.5 Å². The third-order valence-corrected chi connectivity index (χ3v) is 4.70. The van der Waals surface area contributed by atoms with E-state index in [0.29, 0.717) is 21.2 Å². The van der Waals surface area contributed by atoms with Crippen LogP contribution >= 0.6 is 15.9 Å². The second kappa shape index (κ2) is 6.96. The topological polar surface area (TPSA) is 66.4 Å². The van der Waals surface area contributed by atoms with Gasteiger partial charge in [0.1, 0.15) is 12.4 Å². The standard InChI is InChI=1S/C17H12BrFO4S/c18-12-5-6-13(15(19)7-12)16-14(8-23-17(16)20)11-3-1-10(2-4-11)9-24(21)22/h1-7H,8-9H2,(H,21,22)/p-1. The maximum Gasteiger partial charge on any atom is 0.339 e. The fourth-order valence-corrected chi connectivity index (χ4v) is 3.33. The highest BCUT2D eigenvalue weighted by molar-refractivity contribution is 9.10. The number of cyclic esters (lactones) is 1. The minimum atomic E-state index is -2.17. The first kappa shape index (κ1) is 17.0. The number of benzene rings is 2. The van der Waals surface area contributed by atoms with Crippen LogP contribution in [0.15, 0.2) is 46.9 Å². The highest BCUT2D eigenvalue weighted by Gasteiger charge is 2.29. The highest BCUT2D eigenvalue weighted by atomic mass is 79.9. The van der Waals surface area contributed by atoms with E-state index in [9.17, 15) is 17.9 Å². The Morgan fingerprint density at radius 1 is 1.21 bits per heavy atom. The third-order valence-electron chi connectivity index (χ3n) is 3.64. The molecule has 0 aliphatic carbocycles. The van der Waals surface area contributed by atoms with E-state index in [0.717, 1.165) is 0 Å². The van der Waals surface area contributed by atoms with Crippen molar-refractivity contribution in [2.24, 2.45) is 0 Å². The number of halogens is 2. The number of carbonyl (C=O) groups is 1. The van der Waals surface area contributed by atoms with E-state index in [4.69, 9.17) is 4.74 Å². The monoisotopic (exact) mass is 409 g/mol. The minimum Gasteiger partial charge on any atom is -0.772 e. The number of esters is 1. The summed E-state index contributed by atoms with van der Waals surface area (Å²) in [6.45, 7) is 0.0521. The number of hydrogen-bond acceptors (Lipinski definition) is 4. The number of rotatable bonds is 4. The molecule has 0 bridgehead atoms. The van der Waals surface area contributed by atoms with Crippen molar-refractivity contribution in [1.29, 1.82) is 0 Å². The van der Waals surface area contributed by atoms with Crippen LogP contribution in [0.25, 0.3) is 11.1 Å². The molecule has 2 aromatic rings. The molecule has 0 spiro atoms. The fraction of sp³-hybridized carbons (Fsp3) is 0.118. The van der Waals surface area contributed by atoms with Crippen LogP contribution < -0.4 is 0 Å². The Morgan fingerprint density at radius 3 is 2.54 bits per heavy atom. The summed E-state index contributed by atoms with van der Waals surface area (Å²) in [4.78, 5) is 12.1. The average Bonchev–Trinajstić information content (AvgIpc) is 2.89. The molecule has 1 aliphatic heterocycles. The molecule has 1 aliphatic rings. The Balaban J connectivity index is 2.04. The molecule has 0 fully saturated rings. The molecule has 0 aromatic heterocycles. The first-order valence-corrected chi connectivity index (χ1v) is 9.00. The summed E-state index contributed by atoms with van der Waals surface area (Å²) < 4.78 is 41.4. The van der Waals surface area contributed by atoms with Gasteiger partial charge < -0.3 is 9.29 Å². The lowest BCUT2D eigenvalue weighted by Gasteiger charge is -2.08. The lowest BCUT2D eigenvalue weighted by Crippen LogP contribution is -2.01. The number of ether oxygens (including phenoxy) is 1. The van der Waals surface area contributed by atoms with Gasteiger partial charge in [-0.15, -0.1) is 0 Å². The van der Waals surface area contributed by atoms with Gasteiger partial charge in [-0.25, -0.2) is 9.18 Å². The van der Waals surface area contributed by atoms with Crippen molar-refractivity contribution in [1.82, 2.24) is 0 Å². The second-order valence-electron chi connectivity index (χ2n) is 5.20. The van der Waals surface area contributed by atoms with Crippen molar-refractivity contribution in [2.45, 2.75) is 5.75 Å². The maximum absolute atomic E-state index is 14.2. The fourth-order valence-electron chi connectivity index (χ4n) is 2.54. The van der Waals surface area contributed by atoms with E-state index in [1.807, 2.05) is 0 Å². The number of carbonyl (C=O) groups excluding carboxylic acids is 1. The van der Waals surface area contributed by atoms with Crippen molar-refractivity contribution in [3.05, 3.63) is 69.4 Å². The van der Waals surface area contributed by atoms with Crippen LogP contribution in [-0.4, -0.2) is 21.3 Å². The van der Waals surface area contributed by atoms with E-state index in [2.05, 4.69) is 15.9 Å². The molecule has 2 aromatic carbocycles.